The highest BCUT2D eigenvalue weighted by atomic mass is 16.4. The van der Waals surface area contributed by atoms with Crippen molar-refractivity contribution in [2.24, 2.45) is 0 Å². The predicted octanol–water partition coefficient (Wildman–Crippen LogP) is 0.0181. The molecule has 0 spiro atoms. The van der Waals surface area contributed by atoms with E-state index in [4.69, 9.17) is 0 Å². The molecular weight excluding hydrogens is 154 g/mol. The molecule has 62 valence electrons. The highest BCUT2D eigenvalue weighted by Crippen LogP contribution is 2.22. The number of carboxylic acid groups (broad SMARTS) is 1. The predicted molar refractivity (Wildman–Crippen MR) is 43.0 cm³/mol. The van der Waals surface area contributed by atoms with E-state index in [2.05, 4.69) is 5.32 Å². The Hall–Kier alpha value is -1.51. The number of rotatable bonds is 1. The lowest BCUT2D eigenvalue weighted by Gasteiger charge is -2.04. The molecule has 0 fully saturated rings. The van der Waals surface area contributed by atoms with Crippen LogP contribution in [-0.4, -0.2) is 12.5 Å². The lowest BCUT2D eigenvalue weighted by Crippen LogP contribution is -2.22. The zero-order chi connectivity index (χ0) is 8.55. The summed E-state index contributed by atoms with van der Waals surface area (Å²) in [6.07, 6.45) is 0.975. The third-order valence-electron chi connectivity index (χ3n) is 2.06. The second-order valence-corrected chi connectivity index (χ2v) is 2.84. The van der Waals surface area contributed by atoms with Gasteiger partial charge in [-0.05, 0) is 23.6 Å². The standard InChI is InChI=1S/C9H9NO2/c11-9(12)7-2-1-6-3-4-10-8(6)5-7/h1-2,5,10H,3-4H2,(H,11,12)/p-1. The van der Waals surface area contributed by atoms with E-state index in [1.807, 2.05) is 6.07 Å². The highest BCUT2D eigenvalue weighted by Gasteiger charge is 2.09. The molecule has 0 aliphatic carbocycles. The summed E-state index contributed by atoms with van der Waals surface area (Å²) < 4.78 is 0. The second kappa shape index (κ2) is 2.52. The van der Waals surface area contributed by atoms with Gasteiger partial charge in [0.25, 0.3) is 0 Å². The van der Waals surface area contributed by atoms with Gasteiger partial charge < -0.3 is 15.2 Å². The van der Waals surface area contributed by atoms with Crippen LogP contribution in [0.25, 0.3) is 0 Å². The molecule has 1 heterocycles. The summed E-state index contributed by atoms with van der Waals surface area (Å²) in [5, 5.41) is 13.6. The average Bonchev–Trinajstić information content (AvgIpc) is 2.49. The van der Waals surface area contributed by atoms with Crippen LogP contribution in [0.5, 0.6) is 0 Å². The summed E-state index contributed by atoms with van der Waals surface area (Å²) in [5.41, 5.74) is 2.35. The molecule has 1 aliphatic heterocycles. The summed E-state index contributed by atoms with van der Waals surface area (Å²) in [7, 11) is 0. The zero-order valence-corrected chi connectivity index (χ0v) is 6.46. The Morgan fingerprint density at radius 2 is 2.33 bits per heavy atom. The molecule has 0 saturated heterocycles. The maximum absolute atomic E-state index is 10.5. The molecule has 3 heteroatoms. The minimum atomic E-state index is -1.12. The monoisotopic (exact) mass is 162 g/mol. The molecule has 1 aliphatic rings. The minimum Gasteiger partial charge on any atom is -0.545 e. The van der Waals surface area contributed by atoms with Crippen LogP contribution in [0.1, 0.15) is 15.9 Å². The fourth-order valence-electron chi connectivity index (χ4n) is 1.42. The van der Waals surface area contributed by atoms with Gasteiger partial charge in [0.05, 0.1) is 5.97 Å². The Morgan fingerprint density at radius 1 is 1.50 bits per heavy atom. The van der Waals surface area contributed by atoms with Crippen molar-refractivity contribution in [3.8, 4) is 0 Å². The first-order valence-corrected chi connectivity index (χ1v) is 3.85. The molecule has 0 radical (unpaired) electrons. The summed E-state index contributed by atoms with van der Waals surface area (Å²) in [5.74, 6) is -1.12. The van der Waals surface area contributed by atoms with Crippen molar-refractivity contribution in [3.05, 3.63) is 29.3 Å². The van der Waals surface area contributed by atoms with Crippen molar-refractivity contribution in [2.75, 3.05) is 11.9 Å². The van der Waals surface area contributed by atoms with Gasteiger partial charge in [-0.2, -0.15) is 0 Å². The molecule has 0 saturated carbocycles. The first-order valence-electron chi connectivity index (χ1n) is 3.85. The van der Waals surface area contributed by atoms with Gasteiger partial charge in [-0.15, -0.1) is 0 Å². The Bertz CT molecular complexity index is 333. The number of anilines is 1. The van der Waals surface area contributed by atoms with E-state index < -0.39 is 5.97 Å². The molecule has 3 nitrogen and oxygen atoms in total. The molecule has 0 atom stereocenters. The van der Waals surface area contributed by atoms with Crippen LogP contribution >= 0.6 is 0 Å². The third-order valence-corrected chi connectivity index (χ3v) is 2.06. The maximum atomic E-state index is 10.5. The fraction of sp³-hybridized carbons (Fsp3) is 0.222. The average molecular weight is 162 g/mol. The fourth-order valence-corrected chi connectivity index (χ4v) is 1.42. The van der Waals surface area contributed by atoms with Crippen LogP contribution in [0.3, 0.4) is 0 Å². The molecule has 2 rings (SSSR count). The van der Waals surface area contributed by atoms with E-state index >= 15 is 0 Å². The number of carboxylic acids is 1. The number of fused-ring (bicyclic) bond motifs is 1. The van der Waals surface area contributed by atoms with E-state index in [9.17, 15) is 9.90 Å². The summed E-state index contributed by atoms with van der Waals surface area (Å²) >= 11 is 0. The van der Waals surface area contributed by atoms with Gasteiger partial charge in [0.2, 0.25) is 0 Å². The summed E-state index contributed by atoms with van der Waals surface area (Å²) in [4.78, 5) is 10.5. The Balaban J connectivity index is 2.45. The van der Waals surface area contributed by atoms with E-state index in [1.54, 1.807) is 12.1 Å². The van der Waals surface area contributed by atoms with Crippen molar-refractivity contribution in [3.63, 3.8) is 0 Å². The quantitative estimate of drug-likeness (QED) is 0.633. The molecule has 0 aromatic heterocycles. The maximum Gasteiger partial charge on any atom is 0.0716 e. The van der Waals surface area contributed by atoms with Crippen LogP contribution in [0, 0.1) is 0 Å². The highest BCUT2D eigenvalue weighted by molar-refractivity contribution is 5.87. The van der Waals surface area contributed by atoms with Crippen LogP contribution in [0.4, 0.5) is 5.69 Å². The Kier molecular flexibility index (Phi) is 1.50. The number of carbonyl (C=O) groups excluding carboxylic acids is 1. The van der Waals surface area contributed by atoms with E-state index in [-0.39, 0.29) is 5.56 Å². The normalized spacial score (nSPS) is 13.7. The molecule has 0 bridgehead atoms. The van der Waals surface area contributed by atoms with Gasteiger partial charge in [0.15, 0.2) is 0 Å². The van der Waals surface area contributed by atoms with Gasteiger partial charge in [-0.3, -0.25) is 0 Å². The van der Waals surface area contributed by atoms with Crippen LogP contribution in [-0.2, 0) is 6.42 Å². The van der Waals surface area contributed by atoms with Crippen molar-refractivity contribution in [2.45, 2.75) is 6.42 Å². The SMILES string of the molecule is O=C([O-])c1ccc2c(c1)NCC2. The summed E-state index contributed by atoms with van der Waals surface area (Å²) in [6.45, 7) is 0.895. The number of hydrogen-bond acceptors (Lipinski definition) is 3. The molecular formula is C9H8NO2-. The molecule has 0 amide bonds. The second-order valence-electron chi connectivity index (χ2n) is 2.84. The molecule has 12 heavy (non-hydrogen) atoms. The van der Waals surface area contributed by atoms with Crippen molar-refractivity contribution in [1.29, 1.82) is 0 Å². The van der Waals surface area contributed by atoms with Gasteiger partial charge >= 0.3 is 0 Å². The van der Waals surface area contributed by atoms with Crippen molar-refractivity contribution < 1.29 is 9.90 Å². The van der Waals surface area contributed by atoms with Gasteiger partial charge in [0, 0.05) is 12.2 Å². The Morgan fingerprint density at radius 3 is 3.08 bits per heavy atom. The molecule has 0 unspecified atom stereocenters. The molecule has 1 aromatic rings. The number of nitrogens with one attached hydrogen (secondary N) is 1. The van der Waals surface area contributed by atoms with E-state index in [1.165, 1.54) is 5.56 Å². The van der Waals surface area contributed by atoms with Crippen molar-refractivity contribution >= 4 is 11.7 Å². The molecule has 1 N–H and O–H groups in total. The van der Waals surface area contributed by atoms with E-state index in [0.29, 0.717) is 0 Å². The summed E-state index contributed by atoms with van der Waals surface area (Å²) in [6, 6.07) is 5.04. The first-order chi connectivity index (χ1) is 5.77. The number of hydrogen-bond donors (Lipinski definition) is 1. The van der Waals surface area contributed by atoms with E-state index in [0.717, 1.165) is 18.7 Å². The largest absolute Gasteiger partial charge is 0.545 e. The lowest BCUT2D eigenvalue weighted by atomic mass is 10.1. The molecule has 1 aromatic carbocycles. The van der Waals surface area contributed by atoms with Crippen LogP contribution in [0.2, 0.25) is 0 Å². The van der Waals surface area contributed by atoms with Gasteiger partial charge in [-0.25, -0.2) is 0 Å². The number of carbonyl (C=O) groups is 1. The minimum absolute atomic E-state index is 0.239. The van der Waals surface area contributed by atoms with Gasteiger partial charge in [-0.1, -0.05) is 12.1 Å². The Labute approximate surface area is 70.0 Å². The van der Waals surface area contributed by atoms with Crippen molar-refractivity contribution in [1.82, 2.24) is 0 Å². The topological polar surface area (TPSA) is 52.2 Å². The number of aromatic carboxylic acids is 1. The first kappa shape index (κ1) is 7.16. The van der Waals surface area contributed by atoms with Gasteiger partial charge in [0.1, 0.15) is 0 Å². The smallest absolute Gasteiger partial charge is 0.0716 e. The number of benzene rings is 1. The third kappa shape index (κ3) is 1.03. The zero-order valence-electron chi connectivity index (χ0n) is 6.46. The van der Waals surface area contributed by atoms with Crippen LogP contribution in [0.15, 0.2) is 18.2 Å². The van der Waals surface area contributed by atoms with Crippen LogP contribution < -0.4 is 10.4 Å². The lowest BCUT2D eigenvalue weighted by molar-refractivity contribution is -0.255.